The Morgan fingerprint density at radius 2 is 2.00 bits per heavy atom. The molecule has 92 valence electrons. The van der Waals surface area contributed by atoms with Crippen molar-refractivity contribution < 1.29 is 8.42 Å². The van der Waals surface area contributed by atoms with Crippen LogP contribution in [0.3, 0.4) is 0 Å². The number of hydrogen-bond acceptors (Lipinski definition) is 3. The van der Waals surface area contributed by atoms with Crippen LogP contribution in [0.4, 0.5) is 0 Å². The summed E-state index contributed by atoms with van der Waals surface area (Å²) in [7, 11) is 0.781. The minimum atomic E-state index is -3.14. The number of nitrogens with zero attached hydrogens (tertiary/aromatic N) is 1. The highest BCUT2D eigenvalue weighted by molar-refractivity contribution is 7.89. The molecule has 0 bridgehead atoms. The first kappa shape index (κ1) is 15.2. The van der Waals surface area contributed by atoms with Crippen LogP contribution in [0, 0.1) is 5.92 Å². The maximum absolute atomic E-state index is 11.5. The van der Waals surface area contributed by atoms with Gasteiger partial charge in [-0.2, -0.15) is 0 Å². The molecule has 15 heavy (non-hydrogen) atoms. The van der Waals surface area contributed by atoms with E-state index < -0.39 is 10.0 Å². The molecule has 0 aromatic carbocycles. The lowest BCUT2D eigenvalue weighted by Gasteiger charge is -2.12. The van der Waals surface area contributed by atoms with E-state index in [1.807, 2.05) is 25.9 Å². The molecule has 0 radical (unpaired) electrons. The smallest absolute Gasteiger partial charge is 0.211 e. The van der Waals surface area contributed by atoms with Gasteiger partial charge in [-0.25, -0.2) is 13.1 Å². The van der Waals surface area contributed by atoms with Crippen LogP contribution in [-0.4, -0.2) is 52.1 Å². The number of alkyl halides is 1. The van der Waals surface area contributed by atoms with Gasteiger partial charge in [0.15, 0.2) is 0 Å². The zero-order valence-corrected chi connectivity index (χ0v) is 11.2. The summed E-state index contributed by atoms with van der Waals surface area (Å²) < 4.78 is 25.5. The van der Waals surface area contributed by atoms with Gasteiger partial charge in [-0.15, -0.1) is 11.6 Å². The average molecular weight is 257 g/mol. The summed E-state index contributed by atoms with van der Waals surface area (Å²) in [6.07, 6.45) is 0.821. The molecule has 4 nitrogen and oxygen atoms in total. The summed E-state index contributed by atoms with van der Waals surface area (Å²) in [6, 6.07) is 0. The van der Waals surface area contributed by atoms with Gasteiger partial charge in [0.2, 0.25) is 10.0 Å². The molecular weight excluding hydrogens is 236 g/mol. The Labute approximate surface area is 98.0 Å². The quantitative estimate of drug-likeness (QED) is 0.515. The molecule has 0 aromatic rings. The zero-order valence-electron chi connectivity index (χ0n) is 9.66. The van der Waals surface area contributed by atoms with Crippen molar-refractivity contribution in [3.63, 3.8) is 0 Å². The summed E-state index contributed by atoms with van der Waals surface area (Å²) in [5.74, 6) is 0.481. The van der Waals surface area contributed by atoms with Gasteiger partial charge in [-0.05, 0) is 33.0 Å². The summed E-state index contributed by atoms with van der Waals surface area (Å²) in [4.78, 5) is 2.02. The van der Waals surface area contributed by atoms with Crippen molar-refractivity contribution in [1.29, 1.82) is 0 Å². The van der Waals surface area contributed by atoms with Gasteiger partial charge in [-0.1, -0.05) is 6.92 Å². The molecule has 0 aliphatic heterocycles. The lowest BCUT2D eigenvalue weighted by atomic mass is 10.3. The largest absolute Gasteiger partial charge is 0.309 e. The summed E-state index contributed by atoms with van der Waals surface area (Å²) >= 11 is 5.56. The van der Waals surface area contributed by atoms with E-state index in [-0.39, 0.29) is 11.7 Å². The number of hydrogen-bond donors (Lipinski definition) is 1. The predicted octanol–water partition coefficient (Wildman–Crippen LogP) is 0.732. The van der Waals surface area contributed by atoms with Crippen molar-refractivity contribution >= 4 is 21.6 Å². The fourth-order valence-electron chi connectivity index (χ4n) is 1.10. The van der Waals surface area contributed by atoms with Crippen molar-refractivity contribution in [3.05, 3.63) is 0 Å². The molecule has 0 aromatic heterocycles. The van der Waals surface area contributed by atoms with Gasteiger partial charge in [-0.3, -0.25) is 0 Å². The van der Waals surface area contributed by atoms with E-state index >= 15 is 0 Å². The molecule has 0 spiro atoms. The number of sulfonamides is 1. The van der Waals surface area contributed by atoms with E-state index in [1.54, 1.807) is 0 Å². The van der Waals surface area contributed by atoms with E-state index in [0.29, 0.717) is 12.4 Å². The van der Waals surface area contributed by atoms with Gasteiger partial charge >= 0.3 is 0 Å². The summed E-state index contributed by atoms with van der Waals surface area (Å²) in [6.45, 7) is 3.20. The van der Waals surface area contributed by atoms with Crippen LogP contribution >= 0.6 is 11.6 Å². The minimum absolute atomic E-state index is 0.00184. The molecule has 1 unspecified atom stereocenters. The fraction of sp³-hybridized carbons (Fsp3) is 1.00. The minimum Gasteiger partial charge on any atom is -0.309 e. The van der Waals surface area contributed by atoms with E-state index in [1.165, 1.54) is 0 Å². The van der Waals surface area contributed by atoms with E-state index in [4.69, 9.17) is 11.6 Å². The standard InChI is InChI=1S/C9H21ClN2O2S/c1-9(7-10)8-15(13,14)11-5-4-6-12(2)3/h9,11H,4-8H2,1-3H3. The first-order valence-corrected chi connectivity index (χ1v) is 7.24. The van der Waals surface area contributed by atoms with E-state index in [2.05, 4.69) is 4.72 Å². The molecule has 6 heteroatoms. The lowest BCUT2D eigenvalue weighted by Crippen LogP contribution is -2.31. The van der Waals surface area contributed by atoms with E-state index in [0.717, 1.165) is 13.0 Å². The molecule has 0 rings (SSSR count). The highest BCUT2D eigenvalue weighted by Crippen LogP contribution is 2.01. The Hall–Kier alpha value is 0.160. The monoisotopic (exact) mass is 256 g/mol. The lowest BCUT2D eigenvalue weighted by molar-refractivity contribution is 0.400. The Morgan fingerprint density at radius 1 is 1.40 bits per heavy atom. The second kappa shape index (κ2) is 7.44. The molecule has 0 aliphatic rings. The molecule has 0 amide bonds. The normalized spacial score (nSPS) is 14.5. The third-order valence-electron chi connectivity index (χ3n) is 1.87. The SMILES string of the molecule is CC(CCl)CS(=O)(=O)NCCCN(C)C. The van der Waals surface area contributed by atoms with Crippen LogP contribution in [0.2, 0.25) is 0 Å². The molecule has 0 saturated carbocycles. The van der Waals surface area contributed by atoms with Gasteiger partial charge in [0, 0.05) is 12.4 Å². The molecular formula is C9H21ClN2O2S. The third kappa shape index (κ3) is 9.11. The van der Waals surface area contributed by atoms with Gasteiger partial charge in [0.05, 0.1) is 5.75 Å². The predicted molar refractivity (Wildman–Crippen MR) is 64.8 cm³/mol. The molecule has 1 atom stereocenters. The highest BCUT2D eigenvalue weighted by Gasteiger charge is 2.13. The van der Waals surface area contributed by atoms with Crippen molar-refractivity contribution in [2.75, 3.05) is 38.8 Å². The Balaban J connectivity index is 3.75. The Morgan fingerprint density at radius 3 is 2.47 bits per heavy atom. The topological polar surface area (TPSA) is 49.4 Å². The van der Waals surface area contributed by atoms with Crippen LogP contribution in [0.25, 0.3) is 0 Å². The highest BCUT2D eigenvalue weighted by atomic mass is 35.5. The van der Waals surface area contributed by atoms with Crippen molar-refractivity contribution in [2.45, 2.75) is 13.3 Å². The molecule has 0 saturated heterocycles. The van der Waals surface area contributed by atoms with Crippen LogP contribution in [-0.2, 0) is 10.0 Å². The molecule has 0 heterocycles. The van der Waals surface area contributed by atoms with Crippen LogP contribution in [0.5, 0.6) is 0 Å². The van der Waals surface area contributed by atoms with Gasteiger partial charge in [0.1, 0.15) is 0 Å². The summed E-state index contributed by atoms with van der Waals surface area (Å²) in [5, 5.41) is 0. The molecule has 0 fully saturated rings. The zero-order chi connectivity index (χ0) is 11.9. The summed E-state index contributed by atoms with van der Waals surface area (Å²) in [5.41, 5.74) is 0. The average Bonchev–Trinajstić information content (AvgIpc) is 2.11. The van der Waals surface area contributed by atoms with Crippen molar-refractivity contribution in [3.8, 4) is 0 Å². The number of rotatable bonds is 8. The maximum Gasteiger partial charge on any atom is 0.211 e. The number of halogens is 1. The maximum atomic E-state index is 11.5. The van der Waals surface area contributed by atoms with Crippen molar-refractivity contribution in [2.24, 2.45) is 5.92 Å². The second-order valence-corrected chi connectivity index (χ2v) is 6.25. The molecule has 1 N–H and O–H groups in total. The number of nitrogens with one attached hydrogen (secondary N) is 1. The van der Waals surface area contributed by atoms with Gasteiger partial charge < -0.3 is 4.90 Å². The van der Waals surface area contributed by atoms with Gasteiger partial charge in [0.25, 0.3) is 0 Å². The first-order chi connectivity index (χ1) is 6.87. The van der Waals surface area contributed by atoms with Crippen LogP contribution in [0.1, 0.15) is 13.3 Å². The first-order valence-electron chi connectivity index (χ1n) is 5.05. The third-order valence-corrected chi connectivity index (χ3v) is 4.05. The second-order valence-electron chi connectivity index (χ2n) is 4.09. The van der Waals surface area contributed by atoms with E-state index in [9.17, 15) is 8.42 Å². The Bertz CT molecular complexity index is 255. The molecule has 0 aliphatic carbocycles. The van der Waals surface area contributed by atoms with Crippen molar-refractivity contribution in [1.82, 2.24) is 9.62 Å². The fourth-order valence-corrected chi connectivity index (χ4v) is 2.78. The Kier molecular flexibility index (Phi) is 7.52. The van der Waals surface area contributed by atoms with Crippen LogP contribution in [0.15, 0.2) is 0 Å². The van der Waals surface area contributed by atoms with Crippen LogP contribution < -0.4 is 4.72 Å².